The zero-order valence-corrected chi connectivity index (χ0v) is 13.8. The van der Waals surface area contributed by atoms with Crippen LogP contribution in [0, 0.1) is 13.8 Å². The summed E-state index contributed by atoms with van der Waals surface area (Å²) in [6, 6.07) is 6.21. The fraction of sp³-hybridized carbons (Fsp3) is 0.474. The van der Waals surface area contributed by atoms with Crippen molar-refractivity contribution < 1.29 is 9.59 Å². The number of nitrogens with zero attached hydrogens (tertiary/aromatic N) is 1. The molecule has 0 radical (unpaired) electrons. The van der Waals surface area contributed by atoms with E-state index in [0.717, 1.165) is 36.8 Å². The van der Waals surface area contributed by atoms with Gasteiger partial charge in [0.05, 0.1) is 0 Å². The van der Waals surface area contributed by atoms with E-state index in [2.05, 4.69) is 18.3 Å². The Hall–Kier alpha value is -2.10. The Morgan fingerprint density at radius 3 is 2.70 bits per heavy atom. The minimum Gasteiger partial charge on any atom is -0.352 e. The van der Waals surface area contributed by atoms with Crippen molar-refractivity contribution in [2.45, 2.75) is 51.6 Å². The molecule has 4 heteroatoms. The molecule has 2 amide bonds. The van der Waals surface area contributed by atoms with Crippen LogP contribution in [0.5, 0.6) is 0 Å². The number of aryl methyl sites for hydroxylation is 2. The smallest absolute Gasteiger partial charge is 0.247 e. The molecule has 122 valence electrons. The van der Waals surface area contributed by atoms with Crippen molar-refractivity contribution in [2.24, 2.45) is 0 Å². The van der Waals surface area contributed by atoms with Crippen molar-refractivity contribution in [3.63, 3.8) is 0 Å². The van der Waals surface area contributed by atoms with Gasteiger partial charge in [0.15, 0.2) is 0 Å². The molecule has 1 unspecified atom stereocenters. The summed E-state index contributed by atoms with van der Waals surface area (Å²) < 4.78 is 0. The molecule has 0 aromatic heterocycles. The third-order valence-corrected chi connectivity index (χ3v) is 4.59. The van der Waals surface area contributed by atoms with E-state index in [1.165, 1.54) is 5.56 Å². The highest BCUT2D eigenvalue weighted by molar-refractivity contribution is 5.96. The van der Waals surface area contributed by atoms with Crippen LogP contribution in [0.25, 0.3) is 6.08 Å². The van der Waals surface area contributed by atoms with Gasteiger partial charge in [0, 0.05) is 18.7 Å². The zero-order valence-electron chi connectivity index (χ0n) is 13.8. The van der Waals surface area contributed by atoms with Crippen LogP contribution in [0.3, 0.4) is 0 Å². The Morgan fingerprint density at radius 1 is 1.22 bits per heavy atom. The van der Waals surface area contributed by atoms with Gasteiger partial charge in [-0.2, -0.15) is 0 Å². The van der Waals surface area contributed by atoms with Gasteiger partial charge in [-0.3, -0.25) is 9.59 Å². The number of hydrogen-bond acceptors (Lipinski definition) is 2. The molecule has 1 saturated heterocycles. The predicted molar refractivity (Wildman–Crippen MR) is 90.8 cm³/mol. The summed E-state index contributed by atoms with van der Waals surface area (Å²) in [5, 5.41) is 3.01. The number of benzene rings is 1. The van der Waals surface area contributed by atoms with E-state index in [-0.39, 0.29) is 17.9 Å². The van der Waals surface area contributed by atoms with E-state index in [9.17, 15) is 9.59 Å². The maximum absolute atomic E-state index is 12.5. The molecule has 1 aromatic rings. The van der Waals surface area contributed by atoms with E-state index >= 15 is 0 Å². The predicted octanol–water partition coefficient (Wildman–Crippen LogP) is 2.59. The standard InChI is InChI=1S/C19H24N2O2/c1-13-5-6-15(14(2)12-13)7-10-18(22)21-11-3-4-17(21)19(23)20-16-8-9-16/h5-7,10,12,16-17H,3-4,8-9,11H2,1-2H3,(H,20,23). The van der Waals surface area contributed by atoms with Gasteiger partial charge in [0.2, 0.25) is 11.8 Å². The first-order valence-corrected chi connectivity index (χ1v) is 8.41. The number of carbonyl (C=O) groups excluding carboxylic acids is 2. The summed E-state index contributed by atoms with van der Waals surface area (Å²) in [4.78, 5) is 26.4. The monoisotopic (exact) mass is 312 g/mol. The molecule has 1 aromatic carbocycles. The van der Waals surface area contributed by atoms with Crippen LogP contribution in [0.1, 0.15) is 42.4 Å². The molecule has 1 aliphatic carbocycles. The lowest BCUT2D eigenvalue weighted by Gasteiger charge is -2.22. The maximum Gasteiger partial charge on any atom is 0.247 e. The van der Waals surface area contributed by atoms with E-state index in [4.69, 9.17) is 0 Å². The maximum atomic E-state index is 12.5. The third kappa shape index (κ3) is 3.81. The Bertz CT molecular complexity index is 647. The van der Waals surface area contributed by atoms with Gasteiger partial charge in [-0.05, 0) is 56.7 Å². The Labute approximate surface area is 137 Å². The van der Waals surface area contributed by atoms with Crippen LogP contribution >= 0.6 is 0 Å². The number of likely N-dealkylation sites (tertiary alicyclic amines) is 1. The lowest BCUT2D eigenvalue weighted by molar-refractivity contribution is -0.135. The van der Waals surface area contributed by atoms with Gasteiger partial charge in [-0.25, -0.2) is 0 Å². The van der Waals surface area contributed by atoms with E-state index in [1.54, 1.807) is 11.0 Å². The average Bonchev–Trinajstić information content (AvgIpc) is 3.17. The van der Waals surface area contributed by atoms with Crippen LogP contribution in [0.15, 0.2) is 24.3 Å². The van der Waals surface area contributed by atoms with Crippen molar-refractivity contribution >= 4 is 17.9 Å². The van der Waals surface area contributed by atoms with Crippen LogP contribution < -0.4 is 5.32 Å². The number of amides is 2. The number of hydrogen-bond donors (Lipinski definition) is 1. The summed E-state index contributed by atoms with van der Waals surface area (Å²) in [6.45, 7) is 4.76. The normalized spacial score (nSPS) is 21.0. The second kappa shape index (κ2) is 6.57. The molecule has 0 bridgehead atoms. The van der Waals surface area contributed by atoms with E-state index in [0.29, 0.717) is 12.6 Å². The molecule has 1 heterocycles. The summed E-state index contributed by atoms with van der Waals surface area (Å²) in [7, 11) is 0. The van der Waals surface area contributed by atoms with Gasteiger partial charge in [0.25, 0.3) is 0 Å². The minimum atomic E-state index is -0.299. The van der Waals surface area contributed by atoms with Crippen molar-refractivity contribution in [2.75, 3.05) is 6.54 Å². The largest absolute Gasteiger partial charge is 0.352 e. The topological polar surface area (TPSA) is 49.4 Å². The van der Waals surface area contributed by atoms with Crippen molar-refractivity contribution in [1.82, 2.24) is 10.2 Å². The van der Waals surface area contributed by atoms with Gasteiger partial charge in [0.1, 0.15) is 6.04 Å². The van der Waals surface area contributed by atoms with E-state index in [1.807, 2.05) is 25.1 Å². The molecule has 4 nitrogen and oxygen atoms in total. The lowest BCUT2D eigenvalue weighted by Crippen LogP contribution is -2.46. The van der Waals surface area contributed by atoms with Crippen LogP contribution in [-0.2, 0) is 9.59 Å². The first-order chi connectivity index (χ1) is 11.0. The van der Waals surface area contributed by atoms with Crippen molar-refractivity contribution in [1.29, 1.82) is 0 Å². The average molecular weight is 312 g/mol. The molecule has 1 saturated carbocycles. The fourth-order valence-electron chi connectivity index (χ4n) is 3.10. The molecule has 2 aliphatic rings. The zero-order chi connectivity index (χ0) is 16.4. The highest BCUT2D eigenvalue weighted by atomic mass is 16.2. The number of nitrogens with one attached hydrogen (secondary N) is 1. The molecule has 0 spiro atoms. The minimum absolute atomic E-state index is 0.0123. The lowest BCUT2D eigenvalue weighted by atomic mass is 10.1. The van der Waals surface area contributed by atoms with Crippen LogP contribution in [0.4, 0.5) is 0 Å². The second-order valence-corrected chi connectivity index (χ2v) is 6.67. The second-order valence-electron chi connectivity index (χ2n) is 6.67. The Balaban J connectivity index is 1.66. The first kappa shape index (κ1) is 15.8. The van der Waals surface area contributed by atoms with Gasteiger partial charge >= 0.3 is 0 Å². The quantitative estimate of drug-likeness (QED) is 0.869. The molecule has 1 atom stereocenters. The molecular formula is C19H24N2O2. The molecular weight excluding hydrogens is 288 g/mol. The molecule has 1 N–H and O–H groups in total. The van der Waals surface area contributed by atoms with Crippen LogP contribution in [0.2, 0.25) is 0 Å². The molecule has 23 heavy (non-hydrogen) atoms. The highest BCUT2D eigenvalue weighted by Gasteiger charge is 2.35. The summed E-state index contributed by atoms with van der Waals surface area (Å²) in [6.07, 6.45) is 7.25. The fourth-order valence-corrected chi connectivity index (χ4v) is 3.10. The van der Waals surface area contributed by atoms with Crippen molar-refractivity contribution in [3.05, 3.63) is 41.0 Å². The van der Waals surface area contributed by atoms with Crippen molar-refractivity contribution in [3.8, 4) is 0 Å². The first-order valence-electron chi connectivity index (χ1n) is 8.41. The number of carbonyl (C=O) groups is 2. The highest BCUT2D eigenvalue weighted by Crippen LogP contribution is 2.23. The Morgan fingerprint density at radius 2 is 2.00 bits per heavy atom. The molecule has 3 rings (SSSR count). The van der Waals surface area contributed by atoms with Crippen LogP contribution in [-0.4, -0.2) is 35.3 Å². The van der Waals surface area contributed by atoms with Gasteiger partial charge < -0.3 is 10.2 Å². The summed E-state index contributed by atoms with van der Waals surface area (Å²) in [5.74, 6) is -0.0586. The summed E-state index contributed by atoms with van der Waals surface area (Å²) >= 11 is 0. The van der Waals surface area contributed by atoms with E-state index < -0.39 is 0 Å². The number of rotatable bonds is 4. The summed E-state index contributed by atoms with van der Waals surface area (Å²) in [5.41, 5.74) is 3.41. The van der Waals surface area contributed by atoms with Gasteiger partial charge in [-0.15, -0.1) is 0 Å². The Kier molecular flexibility index (Phi) is 4.51. The molecule has 2 fully saturated rings. The SMILES string of the molecule is Cc1ccc(C=CC(=O)N2CCCC2C(=O)NC2CC2)c(C)c1. The van der Waals surface area contributed by atoms with Gasteiger partial charge in [-0.1, -0.05) is 23.8 Å². The third-order valence-electron chi connectivity index (χ3n) is 4.59. The molecule has 1 aliphatic heterocycles.